The second-order valence-electron chi connectivity index (χ2n) is 8.70. The lowest BCUT2D eigenvalue weighted by Gasteiger charge is -2.40. The maximum atomic E-state index is 13.7. The second kappa shape index (κ2) is 10.0. The Kier molecular flexibility index (Phi) is 7.24. The van der Waals surface area contributed by atoms with Crippen molar-refractivity contribution in [2.75, 3.05) is 20.2 Å². The Morgan fingerprint density at radius 3 is 2.57 bits per heavy atom. The third kappa shape index (κ3) is 5.23. The molecule has 3 unspecified atom stereocenters. The van der Waals surface area contributed by atoms with Gasteiger partial charge in [0.2, 0.25) is 5.91 Å². The summed E-state index contributed by atoms with van der Waals surface area (Å²) in [7, 11) is -0.981. The molecule has 0 spiro atoms. The number of aromatic nitrogens is 3. The van der Waals surface area contributed by atoms with Gasteiger partial charge in [-0.2, -0.15) is 0 Å². The van der Waals surface area contributed by atoms with Crippen LogP contribution in [0.25, 0.3) is 0 Å². The number of esters is 1. The van der Waals surface area contributed by atoms with Crippen LogP contribution in [0, 0.1) is 6.92 Å². The van der Waals surface area contributed by atoms with Crippen molar-refractivity contribution in [2.24, 2.45) is 7.05 Å². The van der Waals surface area contributed by atoms with Crippen molar-refractivity contribution < 1.29 is 27.5 Å². The fraction of sp³-hybridized carbons (Fsp3) is 0.571. The first kappa shape index (κ1) is 25.3. The molecule has 2 aliphatic rings. The van der Waals surface area contributed by atoms with Crippen molar-refractivity contribution in [2.45, 2.75) is 55.8 Å². The van der Waals surface area contributed by atoms with Gasteiger partial charge >= 0.3 is 5.97 Å². The first-order valence-corrected chi connectivity index (χ1v) is 13.6. The largest absolute Gasteiger partial charge is 0.467 e. The van der Waals surface area contributed by atoms with E-state index in [1.54, 1.807) is 19.4 Å². The number of thiazole rings is 1. The molecule has 2 fully saturated rings. The zero-order valence-electron chi connectivity index (χ0n) is 19.7. The molecule has 0 aromatic carbocycles. The van der Waals surface area contributed by atoms with E-state index in [0.29, 0.717) is 25.8 Å². The predicted molar refractivity (Wildman–Crippen MR) is 125 cm³/mol. The van der Waals surface area contributed by atoms with E-state index < -0.39 is 45.9 Å². The number of nitrogens with zero attached hydrogens (tertiary/aromatic N) is 5. The Hall–Kier alpha value is -2.84. The summed E-state index contributed by atoms with van der Waals surface area (Å²) in [5.41, 5.74) is 0.240. The average Bonchev–Trinajstić information content (AvgIpc) is 3.58. The topological polar surface area (TPSA) is 144 Å². The molecule has 12 nitrogen and oxygen atoms in total. The lowest BCUT2D eigenvalue weighted by atomic mass is 9.96. The summed E-state index contributed by atoms with van der Waals surface area (Å²) in [6.07, 6.45) is 4.25. The number of nitrogens with one attached hydrogen (secondary N) is 1. The molecule has 2 amide bonds. The summed E-state index contributed by atoms with van der Waals surface area (Å²) in [5, 5.41) is 2.24. The number of likely N-dealkylation sites (tertiary alicyclic amines) is 2. The molecule has 1 N–H and O–H groups in total. The van der Waals surface area contributed by atoms with Crippen molar-refractivity contribution in [3.63, 3.8) is 0 Å². The molecule has 0 bridgehead atoms. The van der Waals surface area contributed by atoms with Crippen LogP contribution in [0.2, 0.25) is 0 Å². The molecule has 0 aliphatic carbocycles. The summed E-state index contributed by atoms with van der Waals surface area (Å²) in [6.45, 7) is 2.29. The molecular weight excluding hydrogens is 496 g/mol. The van der Waals surface area contributed by atoms with Crippen molar-refractivity contribution in [3.05, 3.63) is 28.6 Å². The molecule has 35 heavy (non-hydrogen) atoms. The van der Waals surface area contributed by atoms with Crippen LogP contribution in [-0.4, -0.2) is 88.9 Å². The third-order valence-electron chi connectivity index (χ3n) is 6.27. The van der Waals surface area contributed by atoms with Crippen LogP contribution in [0.4, 0.5) is 0 Å². The van der Waals surface area contributed by atoms with Gasteiger partial charge in [0, 0.05) is 37.8 Å². The quantitative estimate of drug-likeness (QED) is 0.532. The number of amides is 2. The number of imidazole rings is 1. The number of aryl methyl sites for hydroxylation is 2. The molecular formula is C21H28N6O6S2. The Morgan fingerprint density at radius 2 is 1.94 bits per heavy atom. The number of carbonyl (C=O) groups is 3. The van der Waals surface area contributed by atoms with E-state index in [9.17, 15) is 22.8 Å². The van der Waals surface area contributed by atoms with Crippen molar-refractivity contribution in [1.29, 1.82) is 0 Å². The SMILES string of the molecule is COC(=O)C1CCCN1C(=O)C1CC(NS(=O)(=O)c2cn(C)cn2)CCN1C(=O)c1csc(C)n1. The van der Waals surface area contributed by atoms with Gasteiger partial charge in [-0.15, -0.1) is 11.3 Å². The minimum atomic E-state index is -3.92. The highest BCUT2D eigenvalue weighted by Crippen LogP contribution is 2.27. The molecule has 190 valence electrons. The summed E-state index contributed by atoms with van der Waals surface area (Å²) in [4.78, 5) is 50.3. The molecule has 0 radical (unpaired) electrons. The lowest BCUT2D eigenvalue weighted by Crippen LogP contribution is -2.59. The van der Waals surface area contributed by atoms with Crippen molar-refractivity contribution in [3.8, 4) is 0 Å². The van der Waals surface area contributed by atoms with Gasteiger partial charge < -0.3 is 19.1 Å². The van der Waals surface area contributed by atoms with Crippen LogP contribution >= 0.6 is 11.3 Å². The zero-order chi connectivity index (χ0) is 25.3. The van der Waals surface area contributed by atoms with E-state index in [1.165, 1.54) is 45.3 Å². The number of sulfonamides is 1. The van der Waals surface area contributed by atoms with E-state index in [1.807, 2.05) is 0 Å². The predicted octanol–water partition coefficient (Wildman–Crippen LogP) is 0.301. The number of methoxy groups -OCH3 is 1. The molecule has 4 heterocycles. The molecule has 4 rings (SSSR count). The smallest absolute Gasteiger partial charge is 0.328 e. The highest BCUT2D eigenvalue weighted by Gasteiger charge is 2.44. The summed E-state index contributed by atoms with van der Waals surface area (Å²) in [5.74, 6) is -1.31. The van der Waals surface area contributed by atoms with Gasteiger partial charge in [0.05, 0.1) is 18.4 Å². The number of rotatable bonds is 6. The Bertz CT molecular complexity index is 1220. The first-order valence-electron chi connectivity index (χ1n) is 11.2. The number of hydrogen-bond acceptors (Lipinski definition) is 9. The second-order valence-corrected chi connectivity index (χ2v) is 11.4. The zero-order valence-corrected chi connectivity index (χ0v) is 21.3. The number of piperidine rings is 1. The number of ether oxygens (including phenoxy) is 1. The van der Waals surface area contributed by atoms with Gasteiger partial charge in [0.1, 0.15) is 17.8 Å². The van der Waals surface area contributed by atoms with E-state index in [-0.39, 0.29) is 23.7 Å². The van der Waals surface area contributed by atoms with E-state index in [4.69, 9.17) is 4.74 Å². The van der Waals surface area contributed by atoms with Crippen LogP contribution in [0.3, 0.4) is 0 Å². The van der Waals surface area contributed by atoms with Gasteiger partial charge in [-0.05, 0) is 32.6 Å². The summed E-state index contributed by atoms with van der Waals surface area (Å²) >= 11 is 1.33. The van der Waals surface area contributed by atoms with E-state index in [2.05, 4.69) is 14.7 Å². The summed E-state index contributed by atoms with van der Waals surface area (Å²) in [6, 6.07) is -2.28. The van der Waals surface area contributed by atoms with Gasteiger partial charge in [0.25, 0.3) is 15.9 Å². The van der Waals surface area contributed by atoms with Crippen LogP contribution < -0.4 is 4.72 Å². The molecule has 0 saturated carbocycles. The minimum Gasteiger partial charge on any atom is -0.467 e. The third-order valence-corrected chi connectivity index (χ3v) is 8.45. The minimum absolute atomic E-state index is 0.0597. The molecule has 2 aromatic rings. The Morgan fingerprint density at radius 1 is 1.17 bits per heavy atom. The molecule has 3 atom stereocenters. The standard InChI is InChI=1S/C21H28N6O6S2/c1-13-23-15(11-34-13)19(28)27-8-6-14(24-35(31,32)18-10-25(2)12-22-18)9-17(27)20(29)26-7-4-5-16(26)21(30)33-3/h10-12,14,16-17,24H,4-9H2,1-3H3. The molecule has 14 heteroatoms. The van der Waals surface area contributed by atoms with Crippen LogP contribution in [-0.2, 0) is 31.4 Å². The highest BCUT2D eigenvalue weighted by atomic mass is 32.2. The highest BCUT2D eigenvalue weighted by molar-refractivity contribution is 7.89. The first-order chi connectivity index (χ1) is 16.6. The normalized spacial score (nSPS) is 22.9. The van der Waals surface area contributed by atoms with Crippen molar-refractivity contribution >= 4 is 39.1 Å². The fourth-order valence-corrected chi connectivity index (χ4v) is 6.42. The van der Waals surface area contributed by atoms with Gasteiger partial charge in [0.15, 0.2) is 5.03 Å². The van der Waals surface area contributed by atoms with Gasteiger partial charge in [-0.25, -0.2) is 27.9 Å². The van der Waals surface area contributed by atoms with Gasteiger partial charge in [-0.3, -0.25) is 9.59 Å². The summed E-state index contributed by atoms with van der Waals surface area (Å²) < 4.78 is 34.7. The fourth-order valence-electron chi connectivity index (χ4n) is 4.57. The maximum absolute atomic E-state index is 13.7. The number of carbonyl (C=O) groups excluding carboxylic acids is 3. The molecule has 2 aliphatic heterocycles. The van der Waals surface area contributed by atoms with Gasteiger partial charge in [-0.1, -0.05) is 0 Å². The average molecular weight is 525 g/mol. The number of hydrogen-bond donors (Lipinski definition) is 1. The molecule has 2 saturated heterocycles. The lowest BCUT2D eigenvalue weighted by molar-refractivity contribution is -0.153. The maximum Gasteiger partial charge on any atom is 0.328 e. The van der Waals surface area contributed by atoms with Crippen molar-refractivity contribution in [1.82, 2.24) is 29.1 Å². The molecule has 2 aromatic heterocycles. The van der Waals surface area contributed by atoms with Crippen LogP contribution in [0.1, 0.15) is 41.2 Å². The van der Waals surface area contributed by atoms with E-state index in [0.717, 1.165) is 5.01 Å². The monoisotopic (exact) mass is 524 g/mol. The van der Waals surface area contributed by atoms with Crippen LogP contribution in [0.15, 0.2) is 22.9 Å². The Balaban J connectivity index is 1.59. The van der Waals surface area contributed by atoms with Crippen LogP contribution in [0.5, 0.6) is 0 Å². The Labute approximate surface area is 207 Å². The van der Waals surface area contributed by atoms with E-state index >= 15 is 0 Å².